The Hall–Kier alpha value is -2.22. The maximum absolute atomic E-state index is 14.2. The molecule has 0 fully saturated rings. The predicted octanol–water partition coefficient (Wildman–Crippen LogP) is 3.80. The molecular formula is C22H23O3P. The number of rotatable bonds is 4. The minimum Gasteiger partial charge on any atom is -0.385 e. The van der Waals surface area contributed by atoms with Crippen LogP contribution in [0.2, 0.25) is 0 Å². The van der Waals surface area contributed by atoms with Gasteiger partial charge < -0.3 is 9.67 Å². The first-order valence-corrected chi connectivity index (χ1v) is 10.3. The van der Waals surface area contributed by atoms with Crippen LogP contribution in [0.25, 0.3) is 0 Å². The second-order valence-corrected chi connectivity index (χ2v) is 9.75. The lowest BCUT2D eigenvalue weighted by molar-refractivity contribution is -0.119. The van der Waals surface area contributed by atoms with Crippen molar-refractivity contribution in [3.63, 3.8) is 0 Å². The molecule has 0 saturated heterocycles. The fourth-order valence-corrected chi connectivity index (χ4v) is 6.61. The van der Waals surface area contributed by atoms with Gasteiger partial charge >= 0.3 is 0 Å². The van der Waals surface area contributed by atoms with Crippen molar-refractivity contribution in [1.29, 1.82) is 0 Å². The first-order valence-electron chi connectivity index (χ1n) is 8.62. The highest BCUT2D eigenvalue weighted by molar-refractivity contribution is 7.93. The molecule has 1 N–H and O–H groups in total. The van der Waals surface area contributed by atoms with Crippen LogP contribution in [0.5, 0.6) is 0 Å². The zero-order chi connectivity index (χ0) is 18.9. The van der Waals surface area contributed by atoms with Crippen LogP contribution in [0.4, 0.5) is 0 Å². The molecule has 1 aliphatic carbocycles. The highest BCUT2D eigenvalue weighted by Crippen LogP contribution is 2.51. The lowest BCUT2D eigenvalue weighted by Gasteiger charge is -2.35. The molecule has 2 atom stereocenters. The summed E-state index contributed by atoms with van der Waals surface area (Å²) in [6.45, 7) is 5.30. The summed E-state index contributed by atoms with van der Waals surface area (Å²) in [5, 5.41) is 11.9. The maximum atomic E-state index is 14.2. The van der Waals surface area contributed by atoms with E-state index in [1.165, 1.54) is 0 Å². The molecule has 2 unspecified atom stereocenters. The standard InChI is InChI=1S/C22H23O3P/c1-16-14-17(2)20(22(3,24)15-16)21(23)26(25,18-10-6-4-7-11-18)19-12-8-5-9-13-19/h4-15,20,24H,1-3H3. The summed E-state index contributed by atoms with van der Waals surface area (Å²) in [5.41, 5.74) is -0.186. The first-order chi connectivity index (χ1) is 12.3. The third-order valence-corrected chi connectivity index (χ3v) is 7.74. The predicted molar refractivity (Wildman–Crippen MR) is 106 cm³/mol. The lowest BCUT2D eigenvalue weighted by atomic mass is 9.79. The third kappa shape index (κ3) is 3.13. The molecule has 0 radical (unpaired) electrons. The smallest absolute Gasteiger partial charge is 0.210 e. The molecule has 3 rings (SSSR count). The number of carbonyl (C=O) groups is 1. The molecule has 134 valence electrons. The molecule has 4 heteroatoms. The van der Waals surface area contributed by atoms with E-state index in [4.69, 9.17) is 0 Å². The Labute approximate surface area is 154 Å². The van der Waals surface area contributed by atoms with E-state index in [-0.39, 0.29) is 0 Å². The van der Waals surface area contributed by atoms with E-state index in [0.717, 1.165) is 11.1 Å². The van der Waals surface area contributed by atoms with Gasteiger partial charge in [0.05, 0.1) is 11.5 Å². The topological polar surface area (TPSA) is 54.4 Å². The number of carbonyl (C=O) groups excluding carboxylic acids is 1. The molecule has 0 amide bonds. The maximum Gasteiger partial charge on any atom is 0.210 e. The van der Waals surface area contributed by atoms with Gasteiger partial charge in [-0.05, 0) is 26.8 Å². The quantitative estimate of drug-likeness (QED) is 0.838. The van der Waals surface area contributed by atoms with Crippen LogP contribution >= 0.6 is 7.14 Å². The summed E-state index contributed by atoms with van der Waals surface area (Å²) in [6.07, 6.45) is 3.55. The van der Waals surface area contributed by atoms with Crippen molar-refractivity contribution < 1.29 is 14.5 Å². The summed E-state index contributed by atoms with van der Waals surface area (Å²) in [5.74, 6) is -0.850. The second kappa shape index (κ2) is 6.83. The van der Waals surface area contributed by atoms with Gasteiger partial charge in [0.25, 0.3) is 0 Å². The fraction of sp³-hybridized carbons (Fsp3) is 0.227. The lowest BCUT2D eigenvalue weighted by Crippen LogP contribution is -2.42. The number of hydrogen-bond donors (Lipinski definition) is 1. The van der Waals surface area contributed by atoms with Crippen molar-refractivity contribution in [1.82, 2.24) is 0 Å². The molecule has 0 bridgehead atoms. The van der Waals surface area contributed by atoms with E-state index < -0.39 is 24.2 Å². The molecule has 3 nitrogen and oxygen atoms in total. The molecular weight excluding hydrogens is 343 g/mol. The molecule has 0 aromatic heterocycles. The minimum atomic E-state index is -3.59. The van der Waals surface area contributed by atoms with Crippen LogP contribution in [0.1, 0.15) is 20.8 Å². The summed E-state index contributed by atoms with van der Waals surface area (Å²) < 4.78 is 14.2. The van der Waals surface area contributed by atoms with Crippen LogP contribution in [0.3, 0.4) is 0 Å². The average Bonchev–Trinajstić information content (AvgIpc) is 2.60. The monoisotopic (exact) mass is 366 g/mol. The molecule has 0 heterocycles. The van der Waals surface area contributed by atoms with Crippen molar-refractivity contribution in [2.24, 2.45) is 5.92 Å². The summed E-state index contributed by atoms with van der Waals surface area (Å²) in [4.78, 5) is 13.7. The highest BCUT2D eigenvalue weighted by atomic mass is 31.2. The summed E-state index contributed by atoms with van der Waals surface area (Å²) in [6, 6.07) is 17.7. The summed E-state index contributed by atoms with van der Waals surface area (Å²) in [7, 11) is -3.59. The molecule has 1 aliphatic rings. The van der Waals surface area contributed by atoms with E-state index in [2.05, 4.69) is 0 Å². The van der Waals surface area contributed by atoms with Crippen molar-refractivity contribution in [3.05, 3.63) is 84.0 Å². The molecule has 0 aliphatic heterocycles. The summed E-state index contributed by atoms with van der Waals surface area (Å²) >= 11 is 0. The SMILES string of the molecule is CC1=CC(C)(O)C(C(=O)P(=O)(c2ccccc2)c2ccccc2)C(C)=C1. The Morgan fingerprint density at radius 3 is 1.85 bits per heavy atom. The largest absolute Gasteiger partial charge is 0.385 e. The average molecular weight is 366 g/mol. The Balaban J connectivity index is 2.20. The second-order valence-electron chi connectivity index (χ2n) is 7.05. The van der Waals surface area contributed by atoms with Gasteiger partial charge in [0.2, 0.25) is 12.7 Å². The zero-order valence-electron chi connectivity index (χ0n) is 15.2. The van der Waals surface area contributed by atoms with E-state index in [1.54, 1.807) is 61.5 Å². The van der Waals surface area contributed by atoms with Gasteiger partial charge in [-0.3, -0.25) is 4.79 Å². The van der Waals surface area contributed by atoms with Crippen LogP contribution in [0, 0.1) is 5.92 Å². The van der Waals surface area contributed by atoms with Gasteiger partial charge in [0, 0.05) is 10.6 Å². The van der Waals surface area contributed by atoms with Crippen LogP contribution in [0.15, 0.2) is 84.0 Å². The Morgan fingerprint density at radius 2 is 1.42 bits per heavy atom. The first kappa shape index (κ1) is 18.6. The Morgan fingerprint density at radius 1 is 0.962 bits per heavy atom. The van der Waals surface area contributed by atoms with Gasteiger partial charge in [0.1, 0.15) is 0 Å². The highest BCUT2D eigenvalue weighted by Gasteiger charge is 2.48. The Kier molecular flexibility index (Phi) is 4.88. The number of aliphatic hydroxyl groups is 1. The van der Waals surface area contributed by atoms with Crippen LogP contribution in [-0.4, -0.2) is 16.2 Å². The van der Waals surface area contributed by atoms with Crippen LogP contribution in [-0.2, 0) is 9.36 Å². The molecule has 0 spiro atoms. The normalized spacial score (nSPS) is 23.2. The molecule has 26 heavy (non-hydrogen) atoms. The van der Waals surface area contributed by atoms with Gasteiger partial charge in [-0.2, -0.15) is 0 Å². The molecule has 2 aromatic rings. The Bertz CT molecular complexity index is 881. The van der Waals surface area contributed by atoms with Gasteiger partial charge in [-0.1, -0.05) is 77.9 Å². The van der Waals surface area contributed by atoms with Crippen molar-refractivity contribution in [2.75, 3.05) is 0 Å². The van der Waals surface area contributed by atoms with Gasteiger partial charge in [-0.25, -0.2) is 0 Å². The van der Waals surface area contributed by atoms with Crippen molar-refractivity contribution >= 4 is 23.3 Å². The zero-order valence-corrected chi connectivity index (χ0v) is 16.1. The minimum absolute atomic E-state index is 0.433. The molecule has 2 aromatic carbocycles. The molecule has 0 saturated carbocycles. The van der Waals surface area contributed by atoms with Gasteiger partial charge in [0.15, 0.2) is 0 Å². The fourth-order valence-electron chi connectivity index (χ4n) is 3.80. The number of allylic oxidation sites excluding steroid dienone is 2. The van der Waals surface area contributed by atoms with Crippen LogP contribution < -0.4 is 10.6 Å². The third-order valence-electron chi connectivity index (χ3n) is 4.81. The number of benzene rings is 2. The van der Waals surface area contributed by atoms with E-state index in [0.29, 0.717) is 10.6 Å². The van der Waals surface area contributed by atoms with E-state index in [1.807, 2.05) is 32.1 Å². The van der Waals surface area contributed by atoms with Crippen molar-refractivity contribution in [3.8, 4) is 0 Å². The number of hydrogen-bond acceptors (Lipinski definition) is 3. The van der Waals surface area contributed by atoms with E-state index in [9.17, 15) is 14.5 Å². The van der Waals surface area contributed by atoms with Crippen molar-refractivity contribution in [2.45, 2.75) is 26.4 Å². The van der Waals surface area contributed by atoms with Gasteiger partial charge in [-0.15, -0.1) is 0 Å². The van der Waals surface area contributed by atoms with E-state index >= 15 is 0 Å².